The van der Waals surface area contributed by atoms with Gasteiger partial charge in [0.25, 0.3) is 0 Å². The van der Waals surface area contributed by atoms with Crippen LogP contribution in [0.15, 0.2) is 12.1 Å². The van der Waals surface area contributed by atoms with Crippen molar-refractivity contribution in [2.45, 2.75) is 64.0 Å². The van der Waals surface area contributed by atoms with Crippen molar-refractivity contribution in [2.24, 2.45) is 0 Å². The molecule has 2 nitrogen and oxygen atoms in total. The minimum atomic E-state index is 0.137. The van der Waals surface area contributed by atoms with E-state index in [0.717, 1.165) is 6.42 Å². The van der Waals surface area contributed by atoms with Gasteiger partial charge in [-0.1, -0.05) is 32.6 Å². The minimum absolute atomic E-state index is 0.137. The van der Waals surface area contributed by atoms with Crippen molar-refractivity contribution >= 4 is 11.3 Å². The molecule has 1 atom stereocenters. The van der Waals surface area contributed by atoms with Gasteiger partial charge in [-0.15, -0.1) is 11.3 Å². The lowest BCUT2D eigenvalue weighted by atomic mass is 10.1. The predicted octanol–water partition coefficient (Wildman–Crippen LogP) is 3.66. The van der Waals surface area contributed by atoms with E-state index >= 15 is 0 Å². The van der Waals surface area contributed by atoms with Crippen LogP contribution in [0.5, 0.6) is 0 Å². The molecule has 0 radical (unpaired) electrons. The largest absolute Gasteiger partial charge is 0.394 e. The summed E-state index contributed by atoms with van der Waals surface area (Å²) in [5, 5.41) is 13.3. The van der Waals surface area contributed by atoms with Crippen LogP contribution >= 0.6 is 11.3 Å². The summed E-state index contributed by atoms with van der Waals surface area (Å²) in [5.74, 6) is 0. The minimum Gasteiger partial charge on any atom is -0.394 e. The third-order valence-corrected chi connectivity index (χ3v) is 5.19. The number of hydrogen-bond donors (Lipinski definition) is 2. The van der Waals surface area contributed by atoms with Crippen molar-refractivity contribution in [3.05, 3.63) is 21.9 Å². The Bertz CT molecular complexity index is 342. The molecule has 102 valence electrons. The summed E-state index contributed by atoms with van der Waals surface area (Å²) < 4.78 is 0. The molecule has 18 heavy (non-hydrogen) atoms. The molecule has 0 aromatic carbocycles. The zero-order valence-corrected chi connectivity index (χ0v) is 12.1. The monoisotopic (exact) mass is 267 g/mol. The fourth-order valence-electron chi connectivity index (χ4n) is 2.73. The maximum absolute atomic E-state index is 9.61. The molecule has 1 saturated carbocycles. The third kappa shape index (κ3) is 3.81. The molecule has 0 saturated heterocycles. The summed E-state index contributed by atoms with van der Waals surface area (Å²) in [5.41, 5.74) is 0. The van der Waals surface area contributed by atoms with Crippen LogP contribution in [0.1, 0.15) is 61.2 Å². The van der Waals surface area contributed by atoms with Crippen LogP contribution in [-0.4, -0.2) is 17.8 Å². The summed E-state index contributed by atoms with van der Waals surface area (Å²) in [6, 6.07) is 5.10. The summed E-state index contributed by atoms with van der Waals surface area (Å²) in [7, 11) is 0. The molecule has 0 bridgehead atoms. The van der Waals surface area contributed by atoms with Crippen LogP contribution in [0.25, 0.3) is 0 Å². The first-order valence-corrected chi connectivity index (χ1v) is 8.10. The third-order valence-electron chi connectivity index (χ3n) is 3.85. The highest BCUT2D eigenvalue weighted by Gasteiger charge is 2.19. The Morgan fingerprint density at radius 2 is 2.00 bits per heavy atom. The van der Waals surface area contributed by atoms with Gasteiger partial charge in [-0.05, 0) is 31.4 Å². The van der Waals surface area contributed by atoms with Crippen LogP contribution in [0.2, 0.25) is 0 Å². The standard InChI is InChI=1S/C15H25NOS/c1-2-13-9-10-15(18-13)14(11-17)16-12-7-5-3-4-6-8-12/h9-10,12,14,16-17H,2-8,11H2,1H3. The smallest absolute Gasteiger partial charge is 0.0652 e. The van der Waals surface area contributed by atoms with Gasteiger partial charge in [0.1, 0.15) is 0 Å². The molecule has 2 N–H and O–H groups in total. The first-order valence-electron chi connectivity index (χ1n) is 7.29. The summed E-state index contributed by atoms with van der Waals surface area (Å²) in [6.45, 7) is 2.39. The lowest BCUT2D eigenvalue weighted by Gasteiger charge is -2.22. The second-order valence-corrected chi connectivity index (χ2v) is 6.45. The van der Waals surface area contributed by atoms with Gasteiger partial charge in [-0.25, -0.2) is 0 Å². The highest BCUT2D eigenvalue weighted by Crippen LogP contribution is 2.26. The fraction of sp³-hybridized carbons (Fsp3) is 0.733. The molecule has 1 aromatic rings. The molecule has 0 aliphatic heterocycles. The van der Waals surface area contributed by atoms with Gasteiger partial charge < -0.3 is 10.4 Å². The maximum atomic E-state index is 9.61. The molecule has 3 heteroatoms. The molecule has 1 aliphatic carbocycles. The number of aliphatic hydroxyl groups excluding tert-OH is 1. The van der Waals surface area contributed by atoms with E-state index in [1.54, 1.807) is 0 Å². The van der Waals surface area contributed by atoms with Gasteiger partial charge in [0.2, 0.25) is 0 Å². The average Bonchev–Trinajstić information content (AvgIpc) is 2.73. The van der Waals surface area contributed by atoms with Crippen molar-refractivity contribution in [3.8, 4) is 0 Å². The van der Waals surface area contributed by atoms with E-state index in [1.165, 1.54) is 48.3 Å². The van der Waals surface area contributed by atoms with Crippen LogP contribution in [-0.2, 0) is 6.42 Å². The molecule has 1 unspecified atom stereocenters. The van der Waals surface area contributed by atoms with Crippen LogP contribution in [0, 0.1) is 0 Å². The molecule has 2 rings (SSSR count). The number of thiophene rings is 1. The Labute approximate surface area is 114 Å². The maximum Gasteiger partial charge on any atom is 0.0652 e. The number of aryl methyl sites for hydroxylation is 1. The van der Waals surface area contributed by atoms with E-state index < -0.39 is 0 Å². The SMILES string of the molecule is CCc1ccc(C(CO)NC2CCCCCC2)s1. The van der Waals surface area contributed by atoms with Gasteiger partial charge >= 0.3 is 0 Å². The van der Waals surface area contributed by atoms with Crippen molar-refractivity contribution in [1.29, 1.82) is 0 Å². The zero-order valence-electron chi connectivity index (χ0n) is 11.3. The van der Waals surface area contributed by atoms with Crippen molar-refractivity contribution in [3.63, 3.8) is 0 Å². The predicted molar refractivity (Wildman–Crippen MR) is 78.1 cm³/mol. The average molecular weight is 267 g/mol. The van der Waals surface area contributed by atoms with E-state index in [-0.39, 0.29) is 12.6 Å². The number of aliphatic hydroxyl groups is 1. The molecule has 1 fully saturated rings. The Morgan fingerprint density at radius 1 is 1.28 bits per heavy atom. The lowest BCUT2D eigenvalue weighted by molar-refractivity contribution is 0.230. The molecule has 0 spiro atoms. The first kappa shape index (κ1) is 14.0. The van der Waals surface area contributed by atoms with Gasteiger partial charge in [-0.3, -0.25) is 0 Å². The van der Waals surface area contributed by atoms with Crippen molar-refractivity contribution in [1.82, 2.24) is 5.32 Å². The lowest BCUT2D eigenvalue weighted by Crippen LogP contribution is -2.33. The Kier molecular flexibility index (Phi) is 5.67. The molecular formula is C15H25NOS. The molecule has 1 aliphatic rings. The fourth-order valence-corrected chi connectivity index (χ4v) is 3.73. The van der Waals surface area contributed by atoms with Crippen molar-refractivity contribution in [2.75, 3.05) is 6.61 Å². The summed E-state index contributed by atoms with van der Waals surface area (Å²) >= 11 is 1.84. The summed E-state index contributed by atoms with van der Waals surface area (Å²) in [4.78, 5) is 2.70. The molecule has 1 heterocycles. The Balaban J connectivity index is 1.95. The second-order valence-electron chi connectivity index (χ2n) is 5.25. The van der Waals surface area contributed by atoms with Crippen LogP contribution < -0.4 is 5.32 Å². The zero-order chi connectivity index (χ0) is 12.8. The first-order chi connectivity index (χ1) is 8.83. The number of hydrogen-bond acceptors (Lipinski definition) is 3. The number of nitrogens with one attached hydrogen (secondary N) is 1. The molecule has 1 aromatic heterocycles. The van der Waals surface area contributed by atoms with E-state index in [2.05, 4.69) is 24.4 Å². The topological polar surface area (TPSA) is 32.3 Å². The molecular weight excluding hydrogens is 242 g/mol. The van der Waals surface area contributed by atoms with Gasteiger partial charge in [-0.2, -0.15) is 0 Å². The summed E-state index contributed by atoms with van der Waals surface area (Å²) in [6.07, 6.45) is 9.04. The Morgan fingerprint density at radius 3 is 2.56 bits per heavy atom. The highest BCUT2D eigenvalue weighted by molar-refractivity contribution is 7.12. The Hall–Kier alpha value is -0.380. The van der Waals surface area contributed by atoms with Gasteiger partial charge in [0.15, 0.2) is 0 Å². The second kappa shape index (κ2) is 7.27. The van der Waals surface area contributed by atoms with Crippen LogP contribution in [0.4, 0.5) is 0 Å². The van der Waals surface area contributed by atoms with E-state index in [0.29, 0.717) is 6.04 Å². The highest BCUT2D eigenvalue weighted by atomic mass is 32.1. The van der Waals surface area contributed by atoms with E-state index in [9.17, 15) is 5.11 Å². The van der Waals surface area contributed by atoms with Gasteiger partial charge in [0, 0.05) is 15.8 Å². The van der Waals surface area contributed by atoms with Crippen molar-refractivity contribution < 1.29 is 5.11 Å². The number of rotatable bonds is 5. The van der Waals surface area contributed by atoms with Crippen LogP contribution in [0.3, 0.4) is 0 Å². The van der Waals surface area contributed by atoms with Gasteiger partial charge in [0.05, 0.1) is 12.6 Å². The normalized spacial score (nSPS) is 19.7. The molecule has 0 amide bonds. The van der Waals surface area contributed by atoms with E-state index in [4.69, 9.17) is 0 Å². The van der Waals surface area contributed by atoms with E-state index in [1.807, 2.05) is 11.3 Å². The quantitative estimate of drug-likeness (QED) is 0.798.